The number of nitrogens with zero attached hydrogens (tertiary/aromatic N) is 3. The third-order valence-corrected chi connectivity index (χ3v) is 5.92. The standard InChI is InChI=1S/C20H19BrN4O2S/c1-2-3-9-28-20-23-19(27)17-15-11-13(21)7-8-16(15)22-18(25(17)24-20)12-5-4-6-14(26)10-12/h4-8,10-11,18,26H,2-3,9H2,1H3,(H,23,24,27). The van der Waals surface area contributed by atoms with Crippen LogP contribution in [0.4, 0.5) is 0 Å². The average Bonchev–Trinajstić information content (AvgIpc) is 2.67. The maximum Gasteiger partial charge on any atom is 0.276 e. The lowest BCUT2D eigenvalue weighted by Gasteiger charge is -2.34. The van der Waals surface area contributed by atoms with Gasteiger partial charge in [-0.1, -0.05) is 53.2 Å². The third kappa shape index (κ3) is 3.66. The van der Waals surface area contributed by atoms with Crippen LogP contribution in [-0.2, 0) is 4.79 Å². The predicted octanol–water partition coefficient (Wildman–Crippen LogP) is 2.83. The summed E-state index contributed by atoms with van der Waals surface area (Å²) in [4.78, 5) is 17.8. The summed E-state index contributed by atoms with van der Waals surface area (Å²) in [5, 5.41) is 21.2. The molecule has 8 heteroatoms. The summed E-state index contributed by atoms with van der Waals surface area (Å²) in [6, 6.07) is 12.6. The van der Waals surface area contributed by atoms with Crippen LogP contribution in [0.2, 0.25) is 0 Å². The number of nitrogens with one attached hydrogen (secondary N) is 1. The van der Waals surface area contributed by atoms with E-state index in [1.54, 1.807) is 23.2 Å². The van der Waals surface area contributed by atoms with E-state index in [0.717, 1.165) is 39.2 Å². The summed E-state index contributed by atoms with van der Waals surface area (Å²) < 4.78 is 0.865. The number of hydrazone groups is 1. The van der Waals surface area contributed by atoms with Gasteiger partial charge in [-0.05, 0) is 36.8 Å². The van der Waals surface area contributed by atoms with Crippen LogP contribution in [0.15, 0.2) is 57.0 Å². The fraction of sp³-hybridized carbons (Fsp3) is 0.250. The van der Waals surface area contributed by atoms with Crippen molar-refractivity contribution in [3.63, 3.8) is 0 Å². The largest absolute Gasteiger partial charge is 0.508 e. The molecule has 4 rings (SSSR count). The molecule has 2 aliphatic heterocycles. The van der Waals surface area contributed by atoms with Gasteiger partial charge < -0.3 is 5.11 Å². The van der Waals surface area contributed by atoms with Gasteiger partial charge >= 0.3 is 0 Å². The highest BCUT2D eigenvalue weighted by molar-refractivity contribution is 9.10. The summed E-state index contributed by atoms with van der Waals surface area (Å²) in [6.45, 7) is 2.13. The molecule has 0 bridgehead atoms. The Bertz CT molecular complexity index is 1090. The van der Waals surface area contributed by atoms with Crippen molar-refractivity contribution in [1.29, 1.82) is 0 Å². The zero-order valence-electron chi connectivity index (χ0n) is 15.2. The zero-order chi connectivity index (χ0) is 19.7. The SMILES string of the molecule is CCCCSC1=NN2C(=c3cc(Br)ccc3=NC2c2cccc(O)c2)C(=O)N1. The normalized spacial score (nSPS) is 18.0. The molecule has 0 aliphatic carbocycles. The number of aromatic hydroxyl groups is 1. The second-order valence-electron chi connectivity index (χ2n) is 6.51. The van der Waals surface area contributed by atoms with Crippen molar-refractivity contribution < 1.29 is 9.90 Å². The summed E-state index contributed by atoms with van der Waals surface area (Å²) in [7, 11) is 0. The molecule has 0 aromatic heterocycles. The van der Waals surface area contributed by atoms with Gasteiger partial charge in [0, 0.05) is 21.0 Å². The van der Waals surface area contributed by atoms with E-state index >= 15 is 0 Å². The Labute approximate surface area is 175 Å². The molecule has 0 radical (unpaired) electrons. The molecule has 0 fully saturated rings. The van der Waals surface area contributed by atoms with Crippen molar-refractivity contribution >= 4 is 44.5 Å². The van der Waals surface area contributed by atoms with E-state index < -0.39 is 6.17 Å². The van der Waals surface area contributed by atoms with Gasteiger partial charge in [-0.3, -0.25) is 15.1 Å². The number of carbonyl (C=O) groups excluding carboxylic acids is 1. The lowest BCUT2D eigenvalue weighted by Crippen LogP contribution is -2.50. The molecule has 6 nitrogen and oxygen atoms in total. The number of amides is 1. The Hall–Kier alpha value is -2.32. The van der Waals surface area contributed by atoms with Crippen LogP contribution in [0.5, 0.6) is 5.75 Å². The number of halogens is 1. The molecular formula is C20H19BrN4O2S. The highest BCUT2D eigenvalue weighted by atomic mass is 79.9. The Morgan fingerprint density at radius 1 is 1.29 bits per heavy atom. The topological polar surface area (TPSA) is 77.3 Å². The molecule has 1 amide bonds. The molecular weight excluding hydrogens is 440 g/mol. The van der Waals surface area contributed by atoms with Crippen LogP contribution >= 0.6 is 27.7 Å². The van der Waals surface area contributed by atoms with Crippen LogP contribution in [0, 0.1) is 0 Å². The number of phenols is 1. The first-order valence-corrected chi connectivity index (χ1v) is 10.8. The number of thioether (sulfide) groups is 1. The lowest BCUT2D eigenvalue weighted by atomic mass is 10.1. The van der Waals surface area contributed by atoms with Gasteiger partial charge in [0.15, 0.2) is 11.3 Å². The van der Waals surface area contributed by atoms with E-state index in [2.05, 4.69) is 28.2 Å². The molecule has 0 saturated carbocycles. The molecule has 0 saturated heterocycles. The van der Waals surface area contributed by atoms with Crippen LogP contribution in [-0.4, -0.2) is 26.9 Å². The molecule has 2 aromatic carbocycles. The monoisotopic (exact) mass is 458 g/mol. The second kappa shape index (κ2) is 7.97. The Morgan fingerprint density at radius 3 is 2.93 bits per heavy atom. The fourth-order valence-corrected chi connectivity index (χ4v) is 4.43. The van der Waals surface area contributed by atoms with Crippen molar-refractivity contribution in [3.05, 3.63) is 63.1 Å². The van der Waals surface area contributed by atoms with Crippen LogP contribution in [0.3, 0.4) is 0 Å². The smallest absolute Gasteiger partial charge is 0.276 e. The molecule has 1 unspecified atom stereocenters. The van der Waals surface area contributed by atoms with Gasteiger partial charge in [0.05, 0.1) is 5.36 Å². The number of hydrogen-bond donors (Lipinski definition) is 2. The van der Waals surface area contributed by atoms with Crippen molar-refractivity contribution in [1.82, 2.24) is 10.3 Å². The van der Waals surface area contributed by atoms with Crippen LogP contribution in [0.1, 0.15) is 31.5 Å². The van der Waals surface area contributed by atoms with E-state index in [1.165, 1.54) is 11.8 Å². The van der Waals surface area contributed by atoms with Gasteiger partial charge in [-0.25, -0.2) is 5.01 Å². The molecule has 2 N–H and O–H groups in total. The highest BCUT2D eigenvalue weighted by Crippen LogP contribution is 2.32. The summed E-state index contributed by atoms with van der Waals surface area (Å²) >= 11 is 5.00. The van der Waals surface area contributed by atoms with Crippen molar-refractivity contribution in [3.8, 4) is 5.75 Å². The number of unbranched alkanes of at least 4 members (excludes halogenated alkanes) is 1. The van der Waals surface area contributed by atoms with E-state index in [-0.39, 0.29) is 11.7 Å². The minimum Gasteiger partial charge on any atom is -0.508 e. The van der Waals surface area contributed by atoms with Gasteiger partial charge in [-0.15, -0.1) is 5.10 Å². The van der Waals surface area contributed by atoms with Gasteiger partial charge in [0.25, 0.3) is 5.91 Å². The lowest BCUT2D eigenvalue weighted by molar-refractivity contribution is -0.116. The Morgan fingerprint density at radius 2 is 2.14 bits per heavy atom. The first-order valence-electron chi connectivity index (χ1n) is 9.05. The van der Waals surface area contributed by atoms with E-state index in [0.29, 0.717) is 10.9 Å². The quantitative estimate of drug-likeness (QED) is 0.690. The Kier molecular flexibility index (Phi) is 5.41. The number of carbonyl (C=O) groups is 1. The maximum atomic E-state index is 13.0. The first kappa shape index (κ1) is 19.0. The highest BCUT2D eigenvalue weighted by Gasteiger charge is 2.34. The molecule has 0 spiro atoms. The van der Waals surface area contributed by atoms with E-state index in [1.807, 2.05) is 24.3 Å². The van der Waals surface area contributed by atoms with Crippen molar-refractivity contribution in [2.75, 3.05) is 5.75 Å². The van der Waals surface area contributed by atoms with Gasteiger partial charge in [-0.2, -0.15) is 0 Å². The summed E-state index contributed by atoms with van der Waals surface area (Å²) in [5.74, 6) is 0.835. The number of amidine groups is 1. The van der Waals surface area contributed by atoms with E-state index in [4.69, 9.17) is 10.1 Å². The van der Waals surface area contributed by atoms with Crippen molar-refractivity contribution in [2.45, 2.75) is 25.9 Å². The molecule has 144 valence electrons. The number of rotatable bonds is 4. The van der Waals surface area contributed by atoms with Crippen molar-refractivity contribution in [2.24, 2.45) is 10.1 Å². The molecule has 1 atom stereocenters. The van der Waals surface area contributed by atoms with Gasteiger partial charge in [0.1, 0.15) is 11.4 Å². The number of phenolic OH excluding ortho intramolecular Hbond substituents is 1. The predicted molar refractivity (Wildman–Crippen MR) is 114 cm³/mol. The molecule has 28 heavy (non-hydrogen) atoms. The van der Waals surface area contributed by atoms with E-state index in [9.17, 15) is 9.90 Å². The summed E-state index contributed by atoms with van der Waals surface area (Å²) in [6.07, 6.45) is 1.60. The first-order chi connectivity index (χ1) is 13.6. The molecule has 2 aromatic rings. The minimum atomic E-state index is -0.524. The van der Waals surface area contributed by atoms with Crippen LogP contribution < -0.4 is 15.9 Å². The number of benzene rings is 2. The number of hydrogen-bond acceptors (Lipinski definition) is 6. The number of fused-ring (bicyclic) bond motifs is 2. The summed E-state index contributed by atoms with van der Waals surface area (Å²) in [5.41, 5.74) is 1.22. The maximum absolute atomic E-state index is 13.0. The minimum absolute atomic E-state index is 0.152. The van der Waals surface area contributed by atoms with Crippen LogP contribution in [0.25, 0.3) is 5.70 Å². The Balaban J connectivity index is 1.87. The van der Waals surface area contributed by atoms with Gasteiger partial charge in [0.2, 0.25) is 0 Å². The zero-order valence-corrected chi connectivity index (χ0v) is 17.6. The fourth-order valence-electron chi connectivity index (χ4n) is 3.13. The third-order valence-electron chi connectivity index (χ3n) is 4.47. The average molecular weight is 459 g/mol. The molecule has 2 heterocycles. The molecule has 2 aliphatic rings. The second-order valence-corrected chi connectivity index (χ2v) is 8.51.